The van der Waals surface area contributed by atoms with Crippen molar-refractivity contribution in [1.82, 2.24) is 0 Å². The highest BCUT2D eigenvalue weighted by atomic mass is 16.1. The molecule has 0 spiro atoms. The van der Waals surface area contributed by atoms with E-state index >= 15 is 0 Å². The molecule has 1 saturated carbocycles. The molecule has 96 valence electrons. The SMILES string of the molecule is Cc1ccc(C=O)cc1-c1ccccc1C1CCC1. The van der Waals surface area contributed by atoms with Crippen LogP contribution in [0.3, 0.4) is 0 Å². The molecule has 1 aliphatic carbocycles. The van der Waals surface area contributed by atoms with Gasteiger partial charge in [0.05, 0.1) is 0 Å². The quantitative estimate of drug-likeness (QED) is 0.719. The maximum atomic E-state index is 11.0. The fourth-order valence-corrected chi connectivity index (χ4v) is 2.82. The van der Waals surface area contributed by atoms with Crippen molar-refractivity contribution in [2.45, 2.75) is 32.1 Å². The van der Waals surface area contributed by atoms with E-state index in [9.17, 15) is 4.79 Å². The lowest BCUT2D eigenvalue weighted by atomic mass is 9.77. The Balaban J connectivity index is 2.13. The van der Waals surface area contributed by atoms with Crippen molar-refractivity contribution >= 4 is 6.29 Å². The van der Waals surface area contributed by atoms with E-state index < -0.39 is 0 Å². The van der Waals surface area contributed by atoms with Crippen LogP contribution < -0.4 is 0 Å². The summed E-state index contributed by atoms with van der Waals surface area (Å²) < 4.78 is 0. The maximum Gasteiger partial charge on any atom is 0.150 e. The first-order valence-electron chi connectivity index (χ1n) is 6.94. The predicted molar refractivity (Wildman–Crippen MR) is 78.6 cm³/mol. The molecule has 0 aliphatic heterocycles. The zero-order valence-corrected chi connectivity index (χ0v) is 11.2. The maximum absolute atomic E-state index is 11.0. The van der Waals surface area contributed by atoms with Crippen LogP contribution in [-0.4, -0.2) is 6.29 Å². The molecule has 1 fully saturated rings. The van der Waals surface area contributed by atoms with Crippen LogP contribution in [0.25, 0.3) is 11.1 Å². The average Bonchev–Trinajstić information content (AvgIpc) is 2.38. The normalized spacial score (nSPS) is 15.0. The lowest BCUT2D eigenvalue weighted by molar-refractivity contribution is 0.112. The molecule has 0 bridgehead atoms. The molecule has 1 aliphatic rings. The summed E-state index contributed by atoms with van der Waals surface area (Å²) in [6.07, 6.45) is 4.86. The largest absolute Gasteiger partial charge is 0.298 e. The smallest absolute Gasteiger partial charge is 0.150 e. The lowest BCUT2D eigenvalue weighted by Gasteiger charge is -2.28. The standard InChI is InChI=1S/C18H18O/c1-13-9-10-14(12-19)11-18(13)17-8-3-2-7-16(17)15-5-4-6-15/h2-3,7-12,15H,4-6H2,1H3. The van der Waals surface area contributed by atoms with Crippen molar-refractivity contribution < 1.29 is 4.79 Å². The van der Waals surface area contributed by atoms with Gasteiger partial charge in [0.2, 0.25) is 0 Å². The highest BCUT2D eigenvalue weighted by molar-refractivity contribution is 5.81. The van der Waals surface area contributed by atoms with Crippen molar-refractivity contribution in [2.75, 3.05) is 0 Å². The molecule has 0 aromatic heterocycles. The first kappa shape index (κ1) is 12.2. The molecule has 0 amide bonds. The fraction of sp³-hybridized carbons (Fsp3) is 0.278. The summed E-state index contributed by atoms with van der Waals surface area (Å²) in [5.41, 5.74) is 5.93. The molecule has 0 atom stereocenters. The van der Waals surface area contributed by atoms with Gasteiger partial charge in [-0.25, -0.2) is 0 Å². The molecule has 19 heavy (non-hydrogen) atoms. The molecular formula is C18H18O. The molecule has 0 saturated heterocycles. The van der Waals surface area contributed by atoms with E-state index in [0.717, 1.165) is 11.8 Å². The number of carbonyl (C=O) groups excluding carboxylic acids is 1. The summed E-state index contributed by atoms with van der Waals surface area (Å²) in [5.74, 6) is 0.704. The summed E-state index contributed by atoms with van der Waals surface area (Å²) in [6.45, 7) is 2.11. The number of benzene rings is 2. The molecule has 1 heteroatoms. The summed E-state index contributed by atoms with van der Waals surface area (Å²) in [5, 5.41) is 0. The first-order chi connectivity index (χ1) is 9.29. The summed E-state index contributed by atoms with van der Waals surface area (Å²) in [4.78, 5) is 11.0. The van der Waals surface area contributed by atoms with E-state index in [0.29, 0.717) is 5.92 Å². The van der Waals surface area contributed by atoms with Gasteiger partial charge in [-0.15, -0.1) is 0 Å². The molecule has 0 unspecified atom stereocenters. The minimum Gasteiger partial charge on any atom is -0.298 e. The molecule has 0 radical (unpaired) electrons. The number of rotatable bonds is 3. The minimum atomic E-state index is 0.704. The van der Waals surface area contributed by atoms with Crippen LogP contribution >= 0.6 is 0 Å². The van der Waals surface area contributed by atoms with Crippen molar-refractivity contribution in [3.05, 3.63) is 59.2 Å². The van der Waals surface area contributed by atoms with Crippen molar-refractivity contribution in [2.24, 2.45) is 0 Å². The molecule has 0 N–H and O–H groups in total. The van der Waals surface area contributed by atoms with Crippen molar-refractivity contribution in [3.8, 4) is 11.1 Å². The minimum absolute atomic E-state index is 0.704. The van der Waals surface area contributed by atoms with Crippen molar-refractivity contribution in [3.63, 3.8) is 0 Å². The van der Waals surface area contributed by atoms with Gasteiger partial charge in [0.15, 0.2) is 0 Å². The second-order valence-electron chi connectivity index (χ2n) is 5.41. The van der Waals surface area contributed by atoms with Gasteiger partial charge in [-0.3, -0.25) is 4.79 Å². The molecule has 0 heterocycles. The molecule has 2 aromatic rings. The van der Waals surface area contributed by atoms with Crippen LogP contribution in [0.5, 0.6) is 0 Å². The van der Waals surface area contributed by atoms with Crippen LogP contribution in [0.15, 0.2) is 42.5 Å². The number of aldehydes is 1. The van der Waals surface area contributed by atoms with E-state index in [1.54, 1.807) is 0 Å². The van der Waals surface area contributed by atoms with Crippen LogP contribution in [0.2, 0.25) is 0 Å². The fourth-order valence-electron chi connectivity index (χ4n) is 2.82. The van der Waals surface area contributed by atoms with Crippen molar-refractivity contribution in [1.29, 1.82) is 0 Å². The highest BCUT2D eigenvalue weighted by Gasteiger charge is 2.22. The third kappa shape index (κ3) is 2.21. The Labute approximate surface area is 114 Å². The molecule has 2 aromatic carbocycles. The Bertz CT molecular complexity index is 609. The van der Waals surface area contributed by atoms with Gasteiger partial charge in [-0.1, -0.05) is 42.8 Å². The van der Waals surface area contributed by atoms with Gasteiger partial charge in [-0.2, -0.15) is 0 Å². The highest BCUT2D eigenvalue weighted by Crippen LogP contribution is 2.41. The molecular weight excluding hydrogens is 232 g/mol. The Morgan fingerprint density at radius 2 is 1.84 bits per heavy atom. The zero-order valence-electron chi connectivity index (χ0n) is 11.2. The average molecular weight is 250 g/mol. The van der Waals surface area contributed by atoms with E-state index in [1.165, 1.54) is 41.5 Å². The van der Waals surface area contributed by atoms with E-state index in [4.69, 9.17) is 0 Å². The van der Waals surface area contributed by atoms with Gasteiger partial charge in [-0.05, 0) is 54.0 Å². The van der Waals surface area contributed by atoms with Gasteiger partial charge >= 0.3 is 0 Å². The number of hydrogen-bond acceptors (Lipinski definition) is 1. The van der Waals surface area contributed by atoms with Gasteiger partial charge in [0.25, 0.3) is 0 Å². The van der Waals surface area contributed by atoms with Crippen LogP contribution in [0.4, 0.5) is 0 Å². The number of aryl methyl sites for hydroxylation is 1. The Morgan fingerprint density at radius 1 is 1.05 bits per heavy atom. The number of hydrogen-bond donors (Lipinski definition) is 0. The van der Waals surface area contributed by atoms with Gasteiger partial charge in [0, 0.05) is 5.56 Å². The molecule has 3 rings (SSSR count). The lowest BCUT2D eigenvalue weighted by Crippen LogP contribution is -2.10. The molecule has 1 nitrogen and oxygen atoms in total. The third-order valence-corrected chi connectivity index (χ3v) is 4.19. The topological polar surface area (TPSA) is 17.1 Å². The second kappa shape index (κ2) is 5.00. The van der Waals surface area contributed by atoms with E-state index in [1.807, 2.05) is 18.2 Å². The van der Waals surface area contributed by atoms with Gasteiger partial charge < -0.3 is 0 Å². The Hall–Kier alpha value is -1.89. The van der Waals surface area contributed by atoms with E-state index in [2.05, 4.69) is 31.2 Å². The van der Waals surface area contributed by atoms with Crippen LogP contribution in [-0.2, 0) is 0 Å². The van der Waals surface area contributed by atoms with Crippen LogP contribution in [0, 0.1) is 6.92 Å². The predicted octanol–water partition coefficient (Wildman–Crippen LogP) is 4.74. The Kier molecular flexibility index (Phi) is 3.20. The summed E-state index contributed by atoms with van der Waals surface area (Å²) >= 11 is 0. The number of carbonyl (C=O) groups is 1. The first-order valence-corrected chi connectivity index (χ1v) is 6.94. The Morgan fingerprint density at radius 3 is 2.53 bits per heavy atom. The second-order valence-corrected chi connectivity index (χ2v) is 5.41. The zero-order chi connectivity index (χ0) is 13.2. The van der Waals surface area contributed by atoms with E-state index in [-0.39, 0.29) is 0 Å². The van der Waals surface area contributed by atoms with Gasteiger partial charge in [0.1, 0.15) is 6.29 Å². The third-order valence-electron chi connectivity index (χ3n) is 4.19. The monoisotopic (exact) mass is 250 g/mol. The summed E-state index contributed by atoms with van der Waals surface area (Å²) in [7, 11) is 0. The summed E-state index contributed by atoms with van der Waals surface area (Å²) in [6, 6.07) is 14.6. The van der Waals surface area contributed by atoms with Crippen LogP contribution in [0.1, 0.15) is 46.7 Å².